The maximum absolute atomic E-state index is 12.4. The number of benzene rings is 1. The quantitative estimate of drug-likeness (QED) is 0.865. The maximum Gasteiger partial charge on any atom is 0.273 e. The topological polar surface area (TPSA) is 36.4 Å². The van der Waals surface area contributed by atoms with Crippen LogP contribution in [0.2, 0.25) is 5.02 Å². The van der Waals surface area contributed by atoms with Crippen LogP contribution in [-0.4, -0.2) is 46.9 Å². The van der Waals surface area contributed by atoms with Crippen molar-refractivity contribution in [1.29, 1.82) is 0 Å². The number of halogens is 1. The van der Waals surface area contributed by atoms with Gasteiger partial charge in [-0.1, -0.05) is 23.7 Å². The fourth-order valence-corrected chi connectivity index (χ4v) is 3.43. The van der Waals surface area contributed by atoms with Crippen LogP contribution in [0.3, 0.4) is 0 Å². The smallest absolute Gasteiger partial charge is 0.273 e. The second kappa shape index (κ2) is 6.77. The number of hydrogen-bond acceptors (Lipinski definition) is 4. The van der Waals surface area contributed by atoms with E-state index >= 15 is 0 Å². The molecule has 1 amide bonds. The highest BCUT2D eigenvalue weighted by Crippen LogP contribution is 2.16. The summed E-state index contributed by atoms with van der Waals surface area (Å²) in [4.78, 5) is 20.9. The Balaban J connectivity index is 1.55. The predicted octanol–water partition coefficient (Wildman–Crippen LogP) is 3.06. The number of hydrogen-bond donors (Lipinski definition) is 0. The molecule has 22 heavy (non-hydrogen) atoms. The van der Waals surface area contributed by atoms with Crippen molar-refractivity contribution in [3.8, 4) is 0 Å². The number of aromatic nitrogens is 1. The average Bonchev–Trinajstić information content (AvgIpc) is 2.94. The summed E-state index contributed by atoms with van der Waals surface area (Å²) >= 11 is 7.54. The van der Waals surface area contributed by atoms with Crippen molar-refractivity contribution in [2.24, 2.45) is 0 Å². The third kappa shape index (κ3) is 3.66. The largest absolute Gasteiger partial charge is 0.335 e. The van der Waals surface area contributed by atoms with E-state index in [-0.39, 0.29) is 5.91 Å². The number of thiazole rings is 1. The summed E-state index contributed by atoms with van der Waals surface area (Å²) in [6.07, 6.45) is 0. The first-order valence-corrected chi connectivity index (χ1v) is 8.56. The van der Waals surface area contributed by atoms with Gasteiger partial charge in [-0.2, -0.15) is 0 Å². The van der Waals surface area contributed by atoms with Gasteiger partial charge in [-0.25, -0.2) is 4.98 Å². The summed E-state index contributed by atoms with van der Waals surface area (Å²) in [6, 6.07) is 7.94. The molecule has 2 aromatic rings. The molecule has 116 valence electrons. The molecular formula is C16H18ClN3OS. The third-order valence-corrected chi connectivity index (χ3v) is 4.80. The Morgan fingerprint density at radius 2 is 2.09 bits per heavy atom. The summed E-state index contributed by atoms with van der Waals surface area (Å²) in [5.41, 5.74) is 1.79. The Kier molecular flexibility index (Phi) is 4.76. The van der Waals surface area contributed by atoms with Crippen LogP contribution in [-0.2, 0) is 6.54 Å². The van der Waals surface area contributed by atoms with Crippen molar-refractivity contribution in [2.45, 2.75) is 13.5 Å². The summed E-state index contributed by atoms with van der Waals surface area (Å²) < 4.78 is 0. The molecule has 0 bridgehead atoms. The number of rotatable bonds is 3. The van der Waals surface area contributed by atoms with Gasteiger partial charge >= 0.3 is 0 Å². The van der Waals surface area contributed by atoms with Crippen LogP contribution in [0.4, 0.5) is 0 Å². The molecular weight excluding hydrogens is 318 g/mol. The van der Waals surface area contributed by atoms with Gasteiger partial charge in [0.15, 0.2) is 0 Å². The van der Waals surface area contributed by atoms with E-state index in [9.17, 15) is 4.79 Å². The number of aryl methyl sites for hydroxylation is 1. The van der Waals surface area contributed by atoms with Crippen LogP contribution >= 0.6 is 22.9 Å². The summed E-state index contributed by atoms with van der Waals surface area (Å²) in [7, 11) is 0. The lowest BCUT2D eigenvalue weighted by molar-refractivity contribution is 0.0623. The van der Waals surface area contributed by atoms with Crippen molar-refractivity contribution in [3.05, 3.63) is 50.9 Å². The number of piperazine rings is 1. The molecule has 0 spiro atoms. The molecule has 0 N–H and O–H groups in total. The second-order valence-corrected chi connectivity index (χ2v) is 6.95. The fraction of sp³-hybridized carbons (Fsp3) is 0.375. The van der Waals surface area contributed by atoms with Gasteiger partial charge in [0.2, 0.25) is 0 Å². The number of carbonyl (C=O) groups is 1. The van der Waals surface area contributed by atoms with E-state index in [0.29, 0.717) is 5.69 Å². The van der Waals surface area contributed by atoms with Crippen molar-refractivity contribution in [1.82, 2.24) is 14.8 Å². The SMILES string of the molecule is Cc1nc(C(=O)N2CCN(Cc3cccc(Cl)c3)CC2)cs1. The molecule has 0 saturated carbocycles. The molecule has 2 heterocycles. The first kappa shape index (κ1) is 15.5. The third-order valence-electron chi connectivity index (χ3n) is 3.79. The van der Waals surface area contributed by atoms with E-state index in [2.05, 4.69) is 16.0 Å². The molecule has 0 atom stereocenters. The van der Waals surface area contributed by atoms with E-state index < -0.39 is 0 Å². The predicted molar refractivity (Wildman–Crippen MR) is 89.5 cm³/mol. The summed E-state index contributed by atoms with van der Waals surface area (Å²) in [6.45, 7) is 6.04. The highest BCUT2D eigenvalue weighted by molar-refractivity contribution is 7.09. The normalized spacial score (nSPS) is 16.0. The maximum atomic E-state index is 12.4. The molecule has 3 rings (SSSR count). The van der Waals surface area contributed by atoms with Gasteiger partial charge in [0, 0.05) is 43.1 Å². The summed E-state index contributed by atoms with van der Waals surface area (Å²) in [5.74, 6) is 0.0479. The van der Waals surface area contributed by atoms with Gasteiger partial charge < -0.3 is 4.90 Å². The molecule has 1 aromatic carbocycles. The standard InChI is InChI=1S/C16H18ClN3OS/c1-12-18-15(11-22-12)16(21)20-7-5-19(6-8-20)10-13-3-2-4-14(17)9-13/h2-4,9,11H,5-8,10H2,1H3. The van der Waals surface area contributed by atoms with Crippen LogP contribution in [0.25, 0.3) is 0 Å². The molecule has 1 fully saturated rings. The van der Waals surface area contributed by atoms with Gasteiger partial charge in [-0.05, 0) is 24.6 Å². The Bertz CT molecular complexity index is 665. The number of nitrogens with zero attached hydrogens (tertiary/aromatic N) is 3. The van der Waals surface area contributed by atoms with Gasteiger partial charge in [-0.15, -0.1) is 11.3 Å². The molecule has 1 aliphatic rings. The minimum absolute atomic E-state index is 0.0479. The monoisotopic (exact) mass is 335 g/mol. The van der Waals surface area contributed by atoms with Crippen LogP contribution < -0.4 is 0 Å². The van der Waals surface area contributed by atoms with Crippen molar-refractivity contribution < 1.29 is 4.79 Å². The lowest BCUT2D eigenvalue weighted by atomic mass is 10.2. The minimum atomic E-state index is 0.0479. The van der Waals surface area contributed by atoms with Crippen molar-refractivity contribution in [3.63, 3.8) is 0 Å². The highest BCUT2D eigenvalue weighted by Gasteiger charge is 2.23. The zero-order chi connectivity index (χ0) is 15.5. The number of carbonyl (C=O) groups excluding carboxylic acids is 1. The first-order chi connectivity index (χ1) is 10.6. The Hall–Kier alpha value is -1.43. The molecule has 1 aromatic heterocycles. The molecule has 0 aliphatic carbocycles. The Labute approximate surface area is 139 Å². The van der Waals surface area contributed by atoms with Crippen molar-refractivity contribution >= 4 is 28.8 Å². The van der Waals surface area contributed by atoms with Crippen LogP contribution in [0.5, 0.6) is 0 Å². The van der Waals surface area contributed by atoms with Gasteiger partial charge in [0.05, 0.1) is 5.01 Å². The second-order valence-electron chi connectivity index (χ2n) is 5.45. The lowest BCUT2D eigenvalue weighted by Gasteiger charge is -2.34. The Morgan fingerprint density at radius 3 is 2.73 bits per heavy atom. The average molecular weight is 336 g/mol. The van der Waals surface area contributed by atoms with Crippen LogP contribution in [0.15, 0.2) is 29.6 Å². The number of amides is 1. The molecule has 0 unspecified atom stereocenters. The molecule has 0 radical (unpaired) electrons. The zero-order valence-corrected chi connectivity index (χ0v) is 14.0. The highest BCUT2D eigenvalue weighted by atomic mass is 35.5. The van der Waals surface area contributed by atoms with Gasteiger partial charge in [0.25, 0.3) is 5.91 Å². The zero-order valence-electron chi connectivity index (χ0n) is 12.5. The van der Waals surface area contributed by atoms with Gasteiger partial charge in [0.1, 0.15) is 5.69 Å². The molecule has 1 saturated heterocycles. The Morgan fingerprint density at radius 1 is 1.32 bits per heavy atom. The minimum Gasteiger partial charge on any atom is -0.335 e. The summed E-state index contributed by atoms with van der Waals surface area (Å²) in [5, 5.41) is 3.55. The first-order valence-electron chi connectivity index (χ1n) is 7.30. The lowest BCUT2D eigenvalue weighted by Crippen LogP contribution is -2.48. The van der Waals surface area contributed by atoms with Crippen molar-refractivity contribution in [2.75, 3.05) is 26.2 Å². The van der Waals surface area contributed by atoms with E-state index in [1.54, 1.807) is 0 Å². The van der Waals surface area contributed by atoms with E-state index in [1.165, 1.54) is 16.9 Å². The molecule has 6 heteroatoms. The molecule has 1 aliphatic heterocycles. The van der Waals surface area contributed by atoms with Crippen LogP contribution in [0.1, 0.15) is 21.1 Å². The van der Waals surface area contributed by atoms with E-state index in [0.717, 1.165) is 42.8 Å². The molecule has 4 nitrogen and oxygen atoms in total. The fourth-order valence-electron chi connectivity index (χ4n) is 2.63. The van der Waals surface area contributed by atoms with Gasteiger partial charge in [-0.3, -0.25) is 9.69 Å². The van der Waals surface area contributed by atoms with Crippen LogP contribution in [0, 0.1) is 6.92 Å². The van der Waals surface area contributed by atoms with E-state index in [4.69, 9.17) is 11.6 Å². The van der Waals surface area contributed by atoms with E-state index in [1.807, 2.05) is 35.4 Å².